The fraction of sp³-hybridized carbons (Fsp3) is 0.857. The zero-order valence-electron chi connectivity index (χ0n) is 10.9. The van der Waals surface area contributed by atoms with Crippen molar-refractivity contribution in [2.75, 3.05) is 26.2 Å². The number of rotatable bonds is 2. The molecule has 1 heterocycles. The van der Waals surface area contributed by atoms with Gasteiger partial charge in [0.25, 0.3) is 0 Å². The lowest BCUT2D eigenvalue weighted by Gasteiger charge is -2.37. The van der Waals surface area contributed by atoms with Crippen LogP contribution in [-0.4, -0.2) is 47.9 Å². The summed E-state index contributed by atoms with van der Waals surface area (Å²) in [5.74, 6) is 0.109. The molecule has 18 heavy (non-hydrogen) atoms. The van der Waals surface area contributed by atoms with E-state index in [-0.39, 0.29) is 5.91 Å². The van der Waals surface area contributed by atoms with Crippen molar-refractivity contribution in [3.8, 4) is 6.07 Å². The first kappa shape index (κ1) is 12.0. The normalized spacial score (nSPS) is 28.1. The molecule has 1 aliphatic heterocycles. The summed E-state index contributed by atoms with van der Waals surface area (Å²) in [6.45, 7) is 3.63. The van der Waals surface area contributed by atoms with Gasteiger partial charge in [0.15, 0.2) is 0 Å². The van der Waals surface area contributed by atoms with E-state index in [1.807, 2.05) is 4.90 Å². The first-order valence-corrected chi connectivity index (χ1v) is 7.20. The number of carbonyl (C=O) groups excluding carboxylic acids is 1. The van der Waals surface area contributed by atoms with Crippen LogP contribution in [0.2, 0.25) is 0 Å². The maximum absolute atomic E-state index is 12.5. The lowest BCUT2D eigenvalue weighted by molar-refractivity contribution is -0.140. The fourth-order valence-corrected chi connectivity index (χ4v) is 3.38. The van der Waals surface area contributed by atoms with Crippen molar-refractivity contribution in [3.05, 3.63) is 0 Å². The van der Waals surface area contributed by atoms with Crippen molar-refractivity contribution in [1.29, 1.82) is 5.26 Å². The second kappa shape index (κ2) is 4.55. The molecule has 0 spiro atoms. The second-order valence-electron chi connectivity index (χ2n) is 5.96. The van der Waals surface area contributed by atoms with E-state index in [0.29, 0.717) is 0 Å². The number of nitriles is 1. The average Bonchev–Trinajstić information content (AvgIpc) is 3.16. The van der Waals surface area contributed by atoms with Crippen LogP contribution >= 0.6 is 0 Å². The third kappa shape index (κ3) is 2.01. The number of nitrogens with zero attached hydrogens (tertiary/aromatic N) is 3. The molecule has 0 aromatic heterocycles. The van der Waals surface area contributed by atoms with Crippen LogP contribution in [0, 0.1) is 16.7 Å². The molecule has 0 aromatic rings. The predicted octanol–water partition coefficient (Wildman–Crippen LogP) is 1.38. The van der Waals surface area contributed by atoms with Crippen LogP contribution in [0.1, 0.15) is 38.5 Å². The number of hydrogen-bond acceptors (Lipinski definition) is 3. The third-order valence-electron chi connectivity index (χ3n) is 4.75. The molecule has 4 nitrogen and oxygen atoms in total. The van der Waals surface area contributed by atoms with Gasteiger partial charge in [-0.2, -0.15) is 5.26 Å². The Morgan fingerprint density at radius 1 is 1.11 bits per heavy atom. The molecule has 2 saturated carbocycles. The summed E-state index contributed by atoms with van der Waals surface area (Å²) in [5.41, 5.74) is -0.679. The monoisotopic (exact) mass is 247 g/mol. The molecule has 3 aliphatic rings. The summed E-state index contributed by atoms with van der Waals surface area (Å²) in [6, 6.07) is 3.11. The Morgan fingerprint density at radius 3 is 2.22 bits per heavy atom. The SMILES string of the molecule is N#CC1(C(=O)N2CCN(C3CC3)CC2)CCCC1. The largest absolute Gasteiger partial charge is 0.339 e. The van der Waals surface area contributed by atoms with Crippen LogP contribution < -0.4 is 0 Å². The molecule has 3 rings (SSSR count). The molecular formula is C14H21N3O. The molecule has 2 aliphatic carbocycles. The smallest absolute Gasteiger partial charge is 0.243 e. The fourth-order valence-electron chi connectivity index (χ4n) is 3.38. The highest BCUT2D eigenvalue weighted by Crippen LogP contribution is 2.39. The Labute approximate surface area is 109 Å². The van der Waals surface area contributed by atoms with E-state index in [9.17, 15) is 10.1 Å². The summed E-state index contributed by atoms with van der Waals surface area (Å²) in [6.07, 6.45) is 6.26. The lowest BCUT2D eigenvalue weighted by atomic mass is 9.86. The highest BCUT2D eigenvalue weighted by Gasteiger charge is 2.45. The highest BCUT2D eigenvalue weighted by molar-refractivity contribution is 5.86. The zero-order chi connectivity index (χ0) is 12.6. The molecule has 1 saturated heterocycles. The van der Waals surface area contributed by atoms with Gasteiger partial charge in [0.2, 0.25) is 5.91 Å². The van der Waals surface area contributed by atoms with Crippen molar-refractivity contribution < 1.29 is 4.79 Å². The maximum atomic E-state index is 12.5. The standard InChI is InChI=1S/C14H21N3O/c15-11-14(5-1-2-6-14)13(18)17-9-7-16(8-10-17)12-3-4-12/h12H,1-10H2. The third-order valence-corrected chi connectivity index (χ3v) is 4.75. The van der Waals surface area contributed by atoms with Crippen LogP contribution in [0.15, 0.2) is 0 Å². The van der Waals surface area contributed by atoms with Gasteiger partial charge in [-0.1, -0.05) is 12.8 Å². The maximum Gasteiger partial charge on any atom is 0.243 e. The summed E-state index contributed by atoms with van der Waals surface area (Å²) in [7, 11) is 0. The van der Waals surface area contributed by atoms with Gasteiger partial charge in [0.1, 0.15) is 5.41 Å². The van der Waals surface area contributed by atoms with Crippen molar-refractivity contribution in [2.45, 2.75) is 44.6 Å². The first-order valence-electron chi connectivity index (χ1n) is 7.20. The van der Waals surface area contributed by atoms with Crippen LogP contribution in [0.25, 0.3) is 0 Å². The Morgan fingerprint density at radius 2 is 1.72 bits per heavy atom. The molecule has 0 radical (unpaired) electrons. The van der Waals surface area contributed by atoms with E-state index in [4.69, 9.17) is 0 Å². The molecule has 0 N–H and O–H groups in total. The Kier molecular flexibility index (Phi) is 3.03. The quantitative estimate of drug-likeness (QED) is 0.740. The lowest BCUT2D eigenvalue weighted by Crippen LogP contribution is -2.52. The number of amides is 1. The van der Waals surface area contributed by atoms with E-state index in [1.54, 1.807) is 0 Å². The van der Waals surface area contributed by atoms with Crippen molar-refractivity contribution in [2.24, 2.45) is 5.41 Å². The number of hydrogen-bond donors (Lipinski definition) is 0. The molecular weight excluding hydrogens is 226 g/mol. The Balaban J connectivity index is 1.61. The van der Waals surface area contributed by atoms with Crippen LogP contribution in [-0.2, 0) is 4.79 Å². The minimum Gasteiger partial charge on any atom is -0.339 e. The van der Waals surface area contributed by atoms with Gasteiger partial charge in [0.05, 0.1) is 6.07 Å². The van der Waals surface area contributed by atoms with Crippen LogP contribution in [0.3, 0.4) is 0 Å². The summed E-state index contributed by atoms with van der Waals surface area (Å²) in [4.78, 5) is 17.0. The Hall–Kier alpha value is -1.08. The molecule has 1 amide bonds. The van der Waals surface area contributed by atoms with E-state index in [0.717, 1.165) is 57.9 Å². The predicted molar refractivity (Wildman–Crippen MR) is 67.7 cm³/mol. The molecule has 4 heteroatoms. The van der Waals surface area contributed by atoms with Gasteiger partial charge in [-0.05, 0) is 25.7 Å². The van der Waals surface area contributed by atoms with Gasteiger partial charge in [-0.3, -0.25) is 9.69 Å². The summed E-state index contributed by atoms with van der Waals surface area (Å²) in [5, 5.41) is 9.36. The molecule has 3 fully saturated rings. The van der Waals surface area contributed by atoms with Gasteiger partial charge < -0.3 is 4.90 Å². The molecule has 0 unspecified atom stereocenters. The summed E-state index contributed by atoms with van der Waals surface area (Å²) < 4.78 is 0. The van der Waals surface area contributed by atoms with Crippen LogP contribution in [0.4, 0.5) is 0 Å². The van der Waals surface area contributed by atoms with Gasteiger partial charge in [0, 0.05) is 32.2 Å². The van der Waals surface area contributed by atoms with E-state index >= 15 is 0 Å². The molecule has 0 aromatic carbocycles. The van der Waals surface area contributed by atoms with Gasteiger partial charge in [-0.25, -0.2) is 0 Å². The average molecular weight is 247 g/mol. The van der Waals surface area contributed by atoms with Gasteiger partial charge in [-0.15, -0.1) is 0 Å². The molecule has 98 valence electrons. The minimum atomic E-state index is -0.679. The van der Waals surface area contributed by atoms with Crippen LogP contribution in [0.5, 0.6) is 0 Å². The topological polar surface area (TPSA) is 47.3 Å². The zero-order valence-corrected chi connectivity index (χ0v) is 10.9. The van der Waals surface area contributed by atoms with E-state index < -0.39 is 5.41 Å². The first-order chi connectivity index (χ1) is 8.75. The van der Waals surface area contributed by atoms with Crippen molar-refractivity contribution >= 4 is 5.91 Å². The number of piperazine rings is 1. The van der Waals surface area contributed by atoms with Crippen molar-refractivity contribution in [1.82, 2.24) is 9.80 Å². The molecule has 0 atom stereocenters. The second-order valence-corrected chi connectivity index (χ2v) is 5.96. The van der Waals surface area contributed by atoms with Crippen molar-refractivity contribution in [3.63, 3.8) is 0 Å². The minimum absolute atomic E-state index is 0.109. The Bertz CT molecular complexity index is 369. The summed E-state index contributed by atoms with van der Waals surface area (Å²) >= 11 is 0. The van der Waals surface area contributed by atoms with E-state index in [1.165, 1.54) is 12.8 Å². The number of carbonyl (C=O) groups is 1. The van der Waals surface area contributed by atoms with E-state index in [2.05, 4.69) is 11.0 Å². The molecule has 0 bridgehead atoms. The van der Waals surface area contributed by atoms with Gasteiger partial charge >= 0.3 is 0 Å². The highest BCUT2D eigenvalue weighted by atomic mass is 16.2.